The molecule has 1 heterocycles. The van der Waals surface area contributed by atoms with Gasteiger partial charge in [-0.15, -0.1) is 0 Å². The zero-order valence-electron chi connectivity index (χ0n) is 10.4. The van der Waals surface area contributed by atoms with Crippen molar-refractivity contribution in [3.63, 3.8) is 0 Å². The molecule has 3 nitrogen and oxygen atoms in total. The van der Waals surface area contributed by atoms with Gasteiger partial charge in [-0.1, -0.05) is 26.2 Å². The van der Waals surface area contributed by atoms with E-state index in [0.717, 1.165) is 18.9 Å². The molecule has 94 valence electrons. The first-order valence-electron chi connectivity index (χ1n) is 6.78. The Balaban J connectivity index is 1.79. The first-order chi connectivity index (χ1) is 7.79. The van der Waals surface area contributed by atoms with Crippen LogP contribution in [0.2, 0.25) is 0 Å². The van der Waals surface area contributed by atoms with E-state index in [4.69, 9.17) is 15.2 Å². The maximum absolute atomic E-state index is 6.13. The second-order valence-electron chi connectivity index (χ2n) is 5.26. The van der Waals surface area contributed by atoms with Gasteiger partial charge in [-0.25, -0.2) is 0 Å². The van der Waals surface area contributed by atoms with E-state index in [0.29, 0.717) is 12.7 Å². The summed E-state index contributed by atoms with van der Waals surface area (Å²) >= 11 is 0. The largest absolute Gasteiger partial charge is 0.379 e. The minimum atomic E-state index is 0.134. The monoisotopic (exact) mass is 227 g/mol. The van der Waals surface area contributed by atoms with Crippen molar-refractivity contribution in [3.05, 3.63) is 0 Å². The minimum Gasteiger partial charge on any atom is -0.379 e. The molecule has 0 aromatic carbocycles. The molecule has 1 aliphatic heterocycles. The Morgan fingerprint density at radius 2 is 2.19 bits per heavy atom. The summed E-state index contributed by atoms with van der Waals surface area (Å²) in [6, 6.07) is 0.177. The summed E-state index contributed by atoms with van der Waals surface area (Å²) in [6.45, 7) is 3.76. The molecule has 16 heavy (non-hydrogen) atoms. The van der Waals surface area contributed by atoms with Gasteiger partial charge in [-0.2, -0.15) is 0 Å². The molecule has 0 amide bonds. The molecule has 0 bridgehead atoms. The molecular weight excluding hydrogens is 202 g/mol. The van der Waals surface area contributed by atoms with Crippen molar-refractivity contribution < 1.29 is 9.47 Å². The van der Waals surface area contributed by atoms with Crippen LogP contribution in [-0.2, 0) is 9.47 Å². The van der Waals surface area contributed by atoms with E-state index >= 15 is 0 Å². The van der Waals surface area contributed by atoms with Crippen LogP contribution in [0.15, 0.2) is 0 Å². The molecule has 1 saturated carbocycles. The molecule has 4 unspecified atom stereocenters. The second-order valence-corrected chi connectivity index (χ2v) is 5.26. The topological polar surface area (TPSA) is 44.5 Å². The summed E-state index contributed by atoms with van der Waals surface area (Å²) in [5.41, 5.74) is 6.06. The molecule has 2 aliphatic rings. The van der Waals surface area contributed by atoms with Crippen LogP contribution < -0.4 is 5.73 Å². The quantitative estimate of drug-likeness (QED) is 0.803. The van der Waals surface area contributed by atoms with Crippen molar-refractivity contribution in [3.8, 4) is 0 Å². The van der Waals surface area contributed by atoms with Crippen molar-refractivity contribution in [1.29, 1.82) is 0 Å². The molecule has 0 spiro atoms. The highest BCUT2D eigenvalue weighted by Gasteiger charge is 2.29. The van der Waals surface area contributed by atoms with Crippen LogP contribution in [0, 0.1) is 5.92 Å². The van der Waals surface area contributed by atoms with Gasteiger partial charge in [0.25, 0.3) is 0 Å². The summed E-state index contributed by atoms with van der Waals surface area (Å²) in [4.78, 5) is 0. The number of hydrogen-bond acceptors (Lipinski definition) is 3. The van der Waals surface area contributed by atoms with Crippen LogP contribution in [0.5, 0.6) is 0 Å². The molecule has 0 aromatic rings. The summed E-state index contributed by atoms with van der Waals surface area (Å²) < 4.78 is 11.6. The van der Waals surface area contributed by atoms with E-state index in [1.807, 2.05) is 0 Å². The van der Waals surface area contributed by atoms with Crippen LogP contribution in [0.4, 0.5) is 0 Å². The highest BCUT2D eigenvalue weighted by atomic mass is 16.5. The SMILES string of the molecule is CCC1CCCC(OC2COCCC2N)C1. The van der Waals surface area contributed by atoms with Crippen molar-refractivity contribution in [2.45, 2.75) is 63.7 Å². The second kappa shape index (κ2) is 5.99. The van der Waals surface area contributed by atoms with Crippen LogP contribution in [-0.4, -0.2) is 31.5 Å². The molecule has 4 atom stereocenters. The Morgan fingerprint density at radius 3 is 2.94 bits per heavy atom. The van der Waals surface area contributed by atoms with Crippen molar-refractivity contribution in [1.82, 2.24) is 0 Å². The van der Waals surface area contributed by atoms with Gasteiger partial charge >= 0.3 is 0 Å². The zero-order valence-corrected chi connectivity index (χ0v) is 10.4. The Kier molecular flexibility index (Phi) is 4.62. The normalized spacial score (nSPS) is 40.9. The number of ether oxygens (including phenoxy) is 2. The van der Waals surface area contributed by atoms with Gasteiger partial charge in [0, 0.05) is 12.6 Å². The minimum absolute atomic E-state index is 0.134. The molecule has 2 fully saturated rings. The van der Waals surface area contributed by atoms with Gasteiger partial charge in [-0.05, 0) is 25.2 Å². The van der Waals surface area contributed by atoms with Gasteiger partial charge in [0.1, 0.15) is 0 Å². The van der Waals surface area contributed by atoms with Crippen LogP contribution in [0.1, 0.15) is 45.4 Å². The van der Waals surface area contributed by atoms with E-state index < -0.39 is 0 Å². The Hall–Kier alpha value is -0.120. The van der Waals surface area contributed by atoms with Gasteiger partial charge in [-0.3, -0.25) is 0 Å². The lowest BCUT2D eigenvalue weighted by atomic mass is 9.85. The van der Waals surface area contributed by atoms with E-state index in [1.54, 1.807) is 0 Å². The Labute approximate surface area is 98.7 Å². The highest BCUT2D eigenvalue weighted by molar-refractivity contribution is 4.80. The number of nitrogens with two attached hydrogens (primary N) is 1. The summed E-state index contributed by atoms with van der Waals surface area (Å²) in [6.07, 6.45) is 7.90. The predicted octanol–water partition coefficient (Wildman–Crippen LogP) is 2.09. The van der Waals surface area contributed by atoms with Gasteiger partial charge < -0.3 is 15.2 Å². The van der Waals surface area contributed by atoms with Gasteiger partial charge in [0.05, 0.1) is 18.8 Å². The Morgan fingerprint density at radius 1 is 1.31 bits per heavy atom. The lowest BCUT2D eigenvalue weighted by molar-refractivity contribution is -0.107. The fourth-order valence-corrected chi connectivity index (χ4v) is 2.85. The molecule has 1 saturated heterocycles. The lowest BCUT2D eigenvalue weighted by Gasteiger charge is -2.35. The summed E-state index contributed by atoms with van der Waals surface area (Å²) in [7, 11) is 0. The third-order valence-corrected chi connectivity index (χ3v) is 4.03. The van der Waals surface area contributed by atoms with E-state index in [1.165, 1.54) is 32.1 Å². The Bertz CT molecular complexity index is 210. The average Bonchev–Trinajstić information content (AvgIpc) is 2.32. The van der Waals surface area contributed by atoms with E-state index in [2.05, 4.69) is 6.92 Å². The van der Waals surface area contributed by atoms with E-state index in [-0.39, 0.29) is 12.1 Å². The van der Waals surface area contributed by atoms with Crippen LogP contribution in [0.25, 0.3) is 0 Å². The third-order valence-electron chi connectivity index (χ3n) is 4.03. The van der Waals surface area contributed by atoms with Crippen LogP contribution in [0.3, 0.4) is 0 Å². The molecule has 0 aromatic heterocycles. The fraction of sp³-hybridized carbons (Fsp3) is 1.00. The molecule has 2 rings (SSSR count). The lowest BCUT2D eigenvalue weighted by Crippen LogP contribution is -2.46. The van der Waals surface area contributed by atoms with Crippen molar-refractivity contribution in [2.24, 2.45) is 11.7 Å². The van der Waals surface area contributed by atoms with Crippen molar-refractivity contribution in [2.75, 3.05) is 13.2 Å². The molecule has 0 radical (unpaired) electrons. The molecular formula is C13H25NO2. The first kappa shape index (κ1) is 12.3. The predicted molar refractivity (Wildman–Crippen MR) is 64.3 cm³/mol. The maximum Gasteiger partial charge on any atom is 0.0963 e. The van der Waals surface area contributed by atoms with Gasteiger partial charge in [0.15, 0.2) is 0 Å². The zero-order chi connectivity index (χ0) is 11.4. The number of hydrogen-bond donors (Lipinski definition) is 1. The average molecular weight is 227 g/mol. The molecule has 2 N–H and O–H groups in total. The molecule has 1 aliphatic carbocycles. The van der Waals surface area contributed by atoms with Crippen LogP contribution >= 0.6 is 0 Å². The first-order valence-corrected chi connectivity index (χ1v) is 6.78. The highest BCUT2D eigenvalue weighted by Crippen LogP contribution is 2.29. The maximum atomic E-state index is 6.13. The third kappa shape index (κ3) is 3.19. The standard InChI is InChI=1S/C13H25NO2/c1-2-10-4-3-5-11(8-10)16-13-9-15-7-6-12(13)14/h10-13H,2-9,14H2,1H3. The number of rotatable bonds is 3. The van der Waals surface area contributed by atoms with Gasteiger partial charge in [0.2, 0.25) is 0 Å². The molecule has 3 heteroatoms. The smallest absolute Gasteiger partial charge is 0.0963 e. The summed E-state index contributed by atoms with van der Waals surface area (Å²) in [5.74, 6) is 0.861. The van der Waals surface area contributed by atoms with E-state index in [9.17, 15) is 0 Å². The summed E-state index contributed by atoms with van der Waals surface area (Å²) in [5, 5.41) is 0. The van der Waals surface area contributed by atoms with Crippen molar-refractivity contribution >= 4 is 0 Å². The fourth-order valence-electron chi connectivity index (χ4n) is 2.85.